The van der Waals surface area contributed by atoms with Crippen LogP contribution in [0.5, 0.6) is 5.75 Å². The van der Waals surface area contributed by atoms with Gasteiger partial charge in [-0.05, 0) is 41.5 Å². The zero-order valence-electron chi connectivity index (χ0n) is 14.8. The quantitative estimate of drug-likeness (QED) is 0.479. The van der Waals surface area contributed by atoms with Crippen LogP contribution in [0.15, 0.2) is 89.6 Å². The molecule has 0 bridgehead atoms. The van der Waals surface area contributed by atoms with Crippen LogP contribution in [0.2, 0.25) is 0 Å². The van der Waals surface area contributed by atoms with E-state index in [9.17, 15) is 9.18 Å². The van der Waals surface area contributed by atoms with E-state index in [1.165, 1.54) is 12.1 Å². The molecule has 0 amide bonds. The minimum atomic E-state index is -0.476. The predicted octanol–water partition coefficient (Wildman–Crippen LogP) is 4.75. The molecule has 0 fully saturated rings. The van der Waals surface area contributed by atoms with Crippen LogP contribution in [0.3, 0.4) is 0 Å². The molecule has 0 saturated heterocycles. The van der Waals surface area contributed by atoms with Gasteiger partial charge in [-0.15, -0.1) is 0 Å². The van der Waals surface area contributed by atoms with E-state index in [4.69, 9.17) is 9.57 Å². The largest absolute Gasteiger partial charge is 0.489 e. The smallest absolute Gasteiger partial charge is 0.368 e. The number of halogens is 1. The van der Waals surface area contributed by atoms with Crippen molar-refractivity contribution in [3.8, 4) is 5.75 Å². The summed E-state index contributed by atoms with van der Waals surface area (Å²) in [7, 11) is 0. The first-order chi connectivity index (χ1) is 13.7. The number of carbonyl (C=O) groups excluding carboxylic acids is 1. The fraction of sp³-hybridized carbons (Fsp3) is 0.0435. The average molecular weight is 373 g/mol. The molecule has 0 spiro atoms. The van der Waals surface area contributed by atoms with Crippen LogP contribution >= 0.6 is 0 Å². The molecular formula is C23H16FNO3. The van der Waals surface area contributed by atoms with Gasteiger partial charge in [0, 0.05) is 5.56 Å². The first kappa shape index (κ1) is 17.7. The van der Waals surface area contributed by atoms with Crippen molar-refractivity contribution in [2.24, 2.45) is 5.16 Å². The average Bonchev–Trinajstić information content (AvgIpc) is 3.09. The first-order valence-electron chi connectivity index (χ1n) is 8.73. The number of ether oxygens (including phenoxy) is 1. The number of nitrogens with zero attached hydrogens (tertiary/aromatic N) is 1. The Morgan fingerprint density at radius 2 is 1.64 bits per heavy atom. The fourth-order valence-electron chi connectivity index (χ4n) is 2.79. The lowest BCUT2D eigenvalue weighted by molar-refractivity contribution is -0.136. The Balaban J connectivity index is 1.48. The molecule has 0 atom stereocenters. The molecule has 1 aliphatic rings. The highest BCUT2D eigenvalue weighted by molar-refractivity contribution is 6.31. The molecule has 5 heteroatoms. The van der Waals surface area contributed by atoms with Gasteiger partial charge in [0.25, 0.3) is 0 Å². The summed E-state index contributed by atoms with van der Waals surface area (Å²) in [6.07, 6.45) is 1.74. The van der Waals surface area contributed by atoms with E-state index in [2.05, 4.69) is 5.16 Å². The van der Waals surface area contributed by atoms with Gasteiger partial charge in [0.1, 0.15) is 23.9 Å². The highest BCUT2D eigenvalue weighted by atomic mass is 19.1. The van der Waals surface area contributed by atoms with Crippen LogP contribution in [0.4, 0.5) is 4.39 Å². The van der Waals surface area contributed by atoms with E-state index in [0.29, 0.717) is 23.6 Å². The molecule has 0 radical (unpaired) electrons. The first-order valence-corrected chi connectivity index (χ1v) is 8.73. The van der Waals surface area contributed by atoms with E-state index in [1.54, 1.807) is 18.2 Å². The Bertz CT molecular complexity index is 1040. The van der Waals surface area contributed by atoms with Gasteiger partial charge in [0.05, 0.1) is 5.57 Å². The maximum Gasteiger partial charge on any atom is 0.368 e. The number of oxime groups is 1. The van der Waals surface area contributed by atoms with Crippen LogP contribution in [0.1, 0.15) is 16.7 Å². The lowest BCUT2D eigenvalue weighted by Crippen LogP contribution is -2.06. The van der Waals surface area contributed by atoms with Crippen molar-refractivity contribution < 1.29 is 18.8 Å². The molecular weight excluding hydrogens is 357 g/mol. The molecule has 28 heavy (non-hydrogen) atoms. The second kappa shape index (κ2) is 7.88. The molecule has 0 saturated carbocycles. The molecule has 3 aromatic carbocycles. The maximum absolute atomic E-state index is 12.9. The number of hydrogen-bond donors (Lipinski definition) is 0. The lowest BCUT2D eigenvalue weighted by Gasteiger charge is -2.07. The van der Waals surface area contributed by atoms with Crippen molar-refractivity contribution in [2.75, 3.05) is 0 Å². The minimum Gasteiger partial charge on any atom is -0.489 e. The van der Waals surface area contributed by atoms with Crippen LogP contribution < -0.4 is 4.74 Å². The second-order valence-corrected chi connectivity index (χ2v) is 6.23. The summed E-state index contributed by atoms with van der Waals surface area (Å²) in [5.74, 6) is -0.0714. The minimum absolute atomic E-state index is 0.273. The van der Waals surface area contributed by atoms with Gasteiger partial charge < -0.3 is 9.57 Å². The van der Waals surface area contributed by atoms with E-state index < -0.39 is 5.97 Å². The highest BCUT2D eigenvalue weighted by Crippen LogP contribution is 2.22. The molecule has 0 unspecified atom stereocenters. The molecule has 4 nitrogen and oxygen atoms in total. The maximum atomic E-state index is 12.9. The summed E-state index contributed by atoms with van der Waals surface area (Å²) in [4.78, 5) is 16.9. The number of benzene rings is 3. The number of carbonyl (C=O) groups is 1. The van der Waals surface area contributed by atoms with Gasteiger partial charge in [-0.3, -0.25) is 0 Å². The molecule has 0 aliphatic carbocycles. The molecule has 1 heterocycles. The van der Waals surface area contributed by atoms with Gasteiger partial charge in [-0.2, -0.15) is 0 Å². The standard InChI is InChI=1S/C23H16FNO3/c24-19-10-6-17(7-11-19)15-27-20-12-8-16(9-13-20)14-21-22(25-28-23(21)26)18-4-2-1-3-5-18/h1-14H,15H2/b21-14-. The summed E-state index contributed by atoms with van der Waals surface area (Å²) in [5, 5.41) is 3.90. The molecule has 3 aromatic rings. The van der Waals surface area contributed by atoms with Crippen molar-refractivity contribution in [1.82, 2.24) is 0 Å². The van der Waals surface area contributed by atoms with Gasteiger partial charge in [-0.1, -0.05) is 59.8 Å². The second-order valence-electron chi connectivity index (χ2n) is 6.23. The zero-order chi connectivity index (χ0) is 19.3. The number of hydrogen-bond acceptors (Lipinski definition) is 4. The van der Waals surface area contributed by atoms with Crippen molar-refractivity contribution >= 4 is 17.8 Å². The molecule has 4 rings (SSSR count). The third kappa shape index (κ3) is 3.99. The molecule has 138 valence electrons. The van der Waals surface area contributed by atoms with Gasteiger partial charge >= 0.3 is 5.97 Å². The van der Waals surface area contributed by atoms with Crippen molar-refractivity contribution in [2.45, 2.75) is 6.61 Å². The summed E-state index contributed by atoms with van der Waals surface area (Å²) < 4.78 is 18.6. The van der Waals surface area contributed by atoms with Crippen LogP contribution in [0, 0.1) is 5.82 Å². The summed E-state index contributed by atoms with van der Waals surface area (Å²) in [5.41, 5.74) is 3.45. The Labute approximate surface area is 161 Å². The zero-order valence-corrected chi connectivity index (χ0v) is 14.8. The highest BCUT2D eigenvalue weighted by Gasteiger charge is 2.26. The van der Waals surface area contributed by atoms with E-state index in [-0.39, 0.29) is 5.82 Å². The third-order valence-corrected chi connectivity index (χ3v) is 4.25. The van der Waals surface area contributed by atoms with Crippen LogP contribution in [0.25, 0.3) is 6.08 Å². The van der Waals surface area contributed by atoms with Crippen molar-refractivity contribution in [3.05, 3.63) is 107 Å². The Kier molecular flexibility index (Phi) is 4.97. The Hall–Kier alpha value is -3.73. The van der Waals surface area contributed by atoms with Crippen molar-refractivity contribution in [1.29, 1.82) is 0 Å². The third-order valence-electron chi connectivity index (χ3n) is 4.25. The van der Waals surface area contributed by atoms with E-state index in [0.717, 1.165) is 16.7 Å². The molecule has 0 N–H and O–H groups in total. The van der Waals surface area contributed by atoms with Gasteiger partial charge in [-0.25, -0.2) is 9.18 Å². The SMILES string of the molecule is O=C1ON=C(c2ccccc2)/C1=C/c1ccc(OCc2ccc(F)cc2)cc1. The summed E-state index contributed by atoms with van der Waals surface area (Å²) >= 11 is 0. The normalized spacial score (nSPS) is 14.7. The number of rotatable bonds is 5. The Morgan fingerprint density at radius 1 is 0.929 bits per heavy atom. The monoisotopic (exact) mass is 373 g/mol. The van der Waals surface area contributed by atoms with E-state index >= 15 is 0 Å². The lowest BCUT2D eigenvalue weighted by atomic mass is 10.0. The summed E-state index contributed by atoms with van der Waals surface area (Å²) in [6, 6.07) is 22.9. The van der Waals surface area contributed by atoms with Gasteiger partial charge in [0.15, 0.2) is 0 Å². The fourth-order valence-corrected chi connectivity index (χ4v) is 2.79. The van der Waals surface area contributed by atoms with E-state index in [1.807, 2.05) is 54.6 Å². The van der Waals surface area contributed by atoms with Gasteiger partial charge in [0.2, 0.25) is 0 Å². The topological polar surface area (TPSA) is 47.9 Å². The van der Waals surface area contributed by atoms with Crippen LogP contribution in [-0.4, -0.2) is 11.7 Å². The van der Waals surface area contributed by atoms with Crippen LogP contribution in [-0.2, 0) is 16.2 Å². The molecule has 1 aliphatic heterocycles. The molecule has 0 aromatic heterocycles. The summed E-state index contributed by atoms with van der Waals surface area (Å²) in [6.45, 7) is 0.345. The Morgan fingerprint density at radius 3 is 2.36 bits per heavy atom. The van der Waals surface area contributed by atoms with Crippen molar-refractivity contribution in [3.63, 3.8) is 0 Å². The predicted molar refractivity (Wildman–Crippen MR) is 104 cm³/mol.